The lowest BCUT2D eigenvalue weighted by molar-refractivity contribution is 0.247. The number of hydrogen-bond acceptors (Lipinski definition) is 3. The van der Waals surface area contributed by atoms with Crippen molar-refractivity contribution in [2.75, 3.05) is 13.2 Å². The van der Waals surface area contributed by atoms with Gasteiger partial charge in [0.1, 0.15) is 17.6 Å². The molecule has 0 aliphatic rings. The van der Waals surface area contributed by atoms with Crippen molar-refractivity contribution in [1.82, 2.24) is 0 Å². The van der Waals surface area contributed by atoms with Gasteiger partial charge in [-0.2, -0.15) is 5.26 Å². The van der Waals surface area contributed by atoms with Crippen LogP contribution >= 0.6 is 11.6 Å². The maximum Gasteiger partial charge on any atom is 0.137 e. The molecule has 2 aromatic rings. The van der Waals surface area contributed by atoms with Gasteiger partial charge >= 0.3 is 0 Å². The average molecular weight is 288 g/mol. The summed E-state index contributed by atoms with van der Waals surface area (Å²) in [5.41, 5.74) is 0.541. The lowest BCUT2D eigenvalue weighted by atomic mass is 10.2. The van der Waals surface area contributed by atoms with Gasteiger partial charge in [-0.3, -0.25) is 0 Å². The zero-order chi connectivity index (χ0) is 14.2. The van der Waals surface area contributed by atoms with Crippen LogP contribution in [0.5, 0.6) is 11.5 Å². The van der Waals surface area contributed by atoms with Crippen LogP contribution in [0.3, 0.4) is 0 Å². The van der Waals surface area contributed by atoms with E-state index in [0.29, 0.717) is 41.7 Å². The Labute approximate surface area is 123 Å². The molecule has 0 aromatic heterocycles. The fourth-order valence-corrected chi connectivity index (χ4v) is 1.86. The van der Waals surface area contributed by atoms with Gasteiger partial charge in [-0.05, 0) is 24.3 Å². The number of ether oxygens (including phenoxy) is 2. The van der Waals surface area contributed by atoms with E-state index in [1.165, 1.54) is 0 Å². The summed E-state index contributed by atoms with van der Waals surface area (Å²) >= 11 is 5.98. The highest BCUT2D eigenvalue weighted by atomic mass is 35.5. The highest BCUT2D eigenvalue weighted by molar-refractivity contribution is 6.32. The zero-order valence-corrected chi connectivity index (χ0v) is 11.6. The molecule has 20 heavy (non-hydrogen) atoms. The zero-order valence-electron chi connectivity index (χ0n) is 10.9. The van der Waals surface area contributed by atoms with E-state index in [-0.39, 0.29) is 0 Å². The summed E-state index contributed by atoms with van der Waals surface area (Å²) in [5.74, 6) is 1.28. The third kappa shape index (κ3) is 3.91. The van der Waals surface area contributed by atoms with Crippen LogP contribution in [0.4, 0.5) is 0 Å². The van der Waals surface area contributed by atoms with Gasteiger partial charge in [0.05, 0.1) is 23.8 Å². The summed E-state index contributed by atoms with van der Waals surface area (Å²) in [5, 5.41) is 9.53. The van der Waals surface area contributed by atoms with E-state index >= 15 is 0 Å². The first-order chi connectivity index (χ1) is 9.81. The molecule has 0 atom stereocenters. The number of rotatable bonds is 6. The van der Waals surface area contributed by atoms with Crippen LogP contribution < -0.4 is 9.47 Å². The van der Waals surface area contributed by atoms with Gasteiger partial charge in [0.15, 0.2) is 0 Å². The molecule has 0 saturated heterocycles. The van der Waals surface area contributed by atoms with Crippen molar-refractivity contribution in [1.29, 1.82) is 5.26 Å². The Bertz CT molecular complexity index is 607. The van der Waals surface area contributed by atoms with Crippen molar-refractivity contribution in [2.45, 2.75) is 6.42 Å². The van der Waals surface area contributed by atoms with Crippen LogP contribution in [0.2, 0.25) is 5.02 Å². The molecule has 0 amide bonds. The minimum Gasteiger partial charge on any atom is -0.492 e. The van der Waals surface area contributed by atoms with Crippen molar-refractivity contribution >= 4 is 11.6 Å². The molecule has 3 nitrogen and oxygen atoms in total. The van der Waals surface area contributed by atoms with Crippen LogP contribution in [-0.2, 0) is 0 Å². The van der Waals surface area contributed by atoms with Crippen molar-refractivity contribution < 1.29 is 9.47 Å². The average Bonchev–Trinajstić information content (AvgIpc) is 2.49. The minimum absolute atomic E-state index is 0.489. The number of nitriles is 1. The third-order valence-electron chi connectivity index (χ3n) is 2.65. The molecule has 4 heteroatoms. The Morgan fingerprint density at radius 2 is 1.50 bits per heavy atom. The standard InChI is InChI=1S/C16H14ClNO2/c17-14-7-2-4-9-16(14)20-11-5-10-19-15-8-3-1-6-13(15)12-18/h1-4,6-9H,5,10-11H2. The van der Waals surface area contributed by atoms with Crippen LogP contribution in [0.25, 0.3) is 0 Å². The van der Waals surface area contributed by atoms with Gasteiger partial charge < -0.3 is 9.47 Å². The maximum absolute atomic E-state index is 8.93. The number of hydrogen-bond donors (Lipinski definition) is 0. The van der Waals surface area contributed by atoms with Gasteiger partial charge in [-0.15, -0.1) is 0 Å². The number of halogens is 1. The molecule has 0 unspecified atom stereocenters. The Balaban J connectivity index is 1.75. The molecule has 0 N–H and O–H groups in total. The Morgan fingerprint density at radius 3 is 2.20 bits per heavy atom. The normalized spacial score (nSPS) is 9.80. The van der Waals surface area contributed by atoms with Crippen LogP contribution in [0, 0.1) is 11.3 Å². The molecule has 2 rings (SSSR count). The fourth-order valence-electron chi connectivity index (χ4n) is 1.67. The molecule has 0 aliphatic carbocycles. The molecule has 0 heterocycles. The van der Waals surface area contributed by atoms with Crippen LogP contribution in [0.15, 0.2) is 48.5 Å². The van der Waals surface area contributed by atoms with Crippen molar-refractivity contribution in [3.05, 3.63) is 59.1 Å². The van der Waals surface area contributed by atoms with Crippen molar-refractivity contribution in [3.8, 4) is 17.6 Å². The molecule has 2 aromatic carbocycles. The number of benzene rings is 2. The predicted molar refractivity (Wildman–Crippen MR) is 78.2 cm³/mol. The Kier molecular flexibility index (Phi) is 5.28. The van der Waals surface area contributed by atoms with E-state index in [2.05, 4.69) is 6.07 Å². The highest BCUT2D eigenvalue weighted by Gasteiger charge is 2.02. The highest BCUT2D eigenvalue weighted by Crippen LogP contribution is 2.23. The minimum atomic E-state index is 0.489. The molecule has 0 aliphatic heterocycles. The number of para-hydroxylation sites is 2. The van der Waals surface area contributed by atoms with Crippen molar-refractivity contribution in [2.24, 2.45) is 0 Å². The SMILES string of the molecule is N#Cc1ccccc1OCCCOc1ccccc1Cl. The predicted octanol–water partition coefficient (Wildman–Crippen LogP) is 4.06. The molecule has 102 valence electrons. The van der Waals surface area contributed by atoms with E-state index in [0.717, 1.165) is 0 Å². The van der Waals surface area contributed by atoms with E-state index in [1.807, 2.05) is 30.3 Å². The Morgan fingerprint density at radius 1 is 0.900 bits per heavy atom. The van der Waals surface area contributed by atoms with Crippen molar-refractivity contribution in [3.63, 3.8) is 0 Å². The summed E-state index contributed by atoms with van der Waals surface area (Å²) in [6.45, 7) is 1.00. The summed E-state index contributed by atoms with van der Waals surface area (Å²) in [4.78, 5) is 0. The second kappa shape index (κ2) is 7.42. The lowest BCUT2D eigenvalue weighted by Gasteiger charge is -2.09. The monoisotopic (exact) mass is 287 g/mol. The van der Waals surface area contributed by atoms with Crippen LogP contribution in [0.1, 0.15) is 12.0 Å². The number of nitrogens with zero attached hydrogens (tertiary/aromatic N) is 1. The lowest BCUT2D eigenvalue weighted by Crippen LogP contribution is -2.05. The van der Waals surface area contributed by atoms with Gasteiger partial charge in [0.2, 0.25) is 0 Å². The van der Waals surface area contributed by atoms with Crippen LogP contribution in [-0.4, -0.2) is 13.2 Å². The van der Waals surface area contributed by atoms with E-state index in [9.17, 15) is 0 Å². The van der Waals surface area contributed by atoms with E-state index in [4.69, 9.17) is 26.3 Å². The molecular formula is C16H14ClNO2. The molecule has 0 radical (unpaired) electrons. The first kappa shape index (κ1) is 14.2. The van der Waals surface area contributed by atoms with E-state index in [1.54, 1.807) is 18.2 Å². The fraction of sp³-hybridized carbons (Fsp3) is 0.188. The Hall–Kier alpha value is -2.18. The smallest absolute Gasteiger partial charge is 0.137 e. The van der Waals surface area contributed by atoms with Gasteiger partial charge in [-0.25, -0.2) is 0 Å². The molecular weight excluding hydrogens is 274 g/mol. The van der Waals surface area contributed by atoms with E-state index < -0.39 is 0 Å². The first-order valence-electron chi connectivity index (χ1n) is 6.30. The molecule has 0 fully saturated rings. The second-order valence-electron chi connectivity index (χ2n) is 4.09. The molecule has 0 spiro atoms. The summed E-state index contributed by atoms with van der Waals surface area (Å²) < 4.78 is 11.1. The van der Waals surface area contributed by atoms with Gasteiger partial charge in [0, 0.05) is 6.42 Å². The van der Waals surface area contributed by atoms with Gasteiger partial charge in [0.25, 0.3) is 0 Å². The maximum atomic E-state index is 8.93. The quantitative estimate of drug-likeness (QED) is 0.753. The van der Waals surface area contributed by atoms with Gasteiger partial charge in [-0.1, -0.05) is 35.9 Å². The first-order valence-corrected chi connectivity index (χ1v) is 6.68. The molecule has 0 bridgehead atoms. The summed E-state index contributed by atoms with van der Waals surface area (Å²) in [6, 6.07) is 16.6. The second-order valence-corrected chi connectivity index (χ2v) is 4.50. The summed E-state index contributed by atoms with van der Waals surface area (Å²) in [7, 11) is 0. The largest absolute Gasteiger partial charge is 0.492 e. The molecule has 0 saturated carbocycles. The summed E-state index contributed by atoms with van der Waals surface area (Å²) in [6.07, 6.45) is 0.713. The topological polar surface area (TPSA) is 42.2 Å². The third-order valence-corrected chi connectivity index (χ3v) is 2.96.